The Balaban J connectivity index is 1.87. The van der Waals surface area contributed by atoms with Gasteiger partial charge in [-0.15, -0.1) is 11.3 Å². The summed E-state index contributed by atoms with van der Waals surface area (Å²) < 4.78 is 0. The molecule has 0 aromatic carbocycles. The van der Waals surface area contributed by atoms with Crippen LogP contribution in [0.3, 0.4) is 0 Å². The molecule has 0 amide bonds. The zero-order valence-electron chi connectivity index (χ0n) is 12.8. The Bertz CT molecular complexity index is 376. The van der Waals surface area contributed by atoms with Gasteiger partial charge in [0.1, 0.15) is 5.01 Å². The molecule has 0 bridgehead atoms. The molecule has 0 fully saturated rings. The van der Waals surface area contributed by atoms with Crippen LogP contribution in [-0.4, -0.2) is 23.2 Å². The Morgan fingerprint density at radius 2 is 2.10 bits per heavy atom. The van der Waals surface area contributed by atoms with Crippen LogP contribution < -0.4 is 5.32 Å². The average Bonchev–Trinajstić information content (AvgIpc) is 2.89. The molecule has 114 valence electrons. The summed E-state index contributed by atoms with van der Waals surface area (Å²) >= 11 is 1.90. The number of aromatic nitrogens is 1. The summed E-state index contributed by atoms with van der Waals surface area (Å²) in [5.74, 6) is 0.585. The number of aliphatic hydroxyl groups is 1. The molecule has 0 saturated heterocycles. The van der Waals surface area contributed by atoms with Crippen LogP contribution in [0.25, 0.3) is 0 Å². The number of thiazole rings is 1. The molecule has 3 nitrogen and oxygen atoms in total. The SMILES string of the molecule is CCCC(CCO)CNC(C)c1nc2c(s1)CCCC2. The van der Waals surface area contributed by atoms with Gasteiger partial charge in [-0.05, 0) is 57.9 Å². The Labute approximate surface area is 126 Å². The first-order valence-electron chi connectivity index (χ1n) is 8.07. The van der Waals surface area contributed by atoms with Gasteiger partial charge in [0.2, 0.25) is 0 Å². The molecule has 20 heavy (non-hydrogen) atoms. The Kier molecular flexibility index (Phi) is 6.46. The predicted molar refractivity (Wildman–Crippen MR) is 85.3 cm³/mol. The summed E-state index contributed by atoms with van der Waals surface area (Å²) in [5.41, 5.74) is 1.35. The number of aryl methyl sites for hydroxylation is 2. The molecule has 0 saturated carbocycles. The maximum Gasteiger partial charge on any atom is 0.110 e. The van der Waals surface area contributed by atoms with Crippen molar-refractivity contribution in [3.8, 4) is 0 Å². The lowest BCUT2D eigenvalue weighted by Crippen LogP contribution is -2.26. The summed E-state index contributed by atoms with van der Waals surface area (Å²) in [6.45, 7) is 5.71. The van der Waals surface area contributed by atoms with Gasteiger partial charge in [0.25, 0.3) is 0 Å². The van der Waals surface area contributed by atoms with Crippen LogP contribution in [0.1, 0.15) is 67.6 Å². The number of nitrogens with one attached hydrogen (secondary N) is 1. The van der Waals surface area contributed by atoms with E-state index in [0.29, 0.717) is 18.6 Å². The van der Waals surface area contributed by atoms with E-state index in [1.807, 2.05) is 11.3 Å². The van der Waals surface area contributed by atoms with Crippen LogP contribution >= 0.6 is 11.3 Å². The lowest BCUT2D eigenvalue weighted by Gasteiger charge is -2.18. The normalized spacial score (nSPS) is 17.8. The van der Waals surface area contributed by atoms with E-state index in [1.165, 1.54) is 54.1 Å². The molecule has 2 unspecified atom stereocenters. The van der Waals surface area contributed by atoms with E-state index in [2.05, 4.69) is 19.2 Å². The molecule has 1 aliphatic carbocycles. The third-order valence-corrected chi connectivity index (χ3v) is 5.52. The smallest absolute Gasteiger partial charge is 0.110 e. The quantitative estimate of drug-likeness (QED) is 0.772. The zero-order valence-corrected chi connectivity index (χ0v) is 13.6. The molecule has 2 N–H and O–H groups in total. The second kappa shape index (κ2) is 8.11. The molecule has 4 heteroatoms. The highest BCUT2D eigenvalue weighted by atomic mass is 32.1. The maximum absolute atomic E-state index is 9.12. The molecule has 0 aliphatic heterocycles. The third-order valence-electron chi connectivity index (χ3n) is 4.18. The minimum absolute atomic E-state index is 0.298. The summed E-state index contributed by atoms with van der Waals surface area (Å²) in [6.07, 6.45) is 8.30. The standard InChI is InChI=1S/C16H28N2OS/c1-3-6-13(9-10-19)11-17-12(2)16-18-14-7-4-5-8-15(14)20-16/h12-13,17,19H,3-11H2,1-2H3. The molecule has 1 aromatic heterocycles. The lowest BCUT2D eigenvalue weighted by molar-refractivity contribution is 0.246. The first kappa shape index (κ1) is 15.9. The monoisotopic (exact) mass is 296 g/mol. The van der Waals surface area contributed by atoms with Gasteiger partial charge in [-0.3, -0.25) is 0 Å². The Morgan fingerprint density at radius 3 is 2.80 bits per heavy atom. The van der Waals surface area contributed by atoms with Crippen LogP contribution in [-0.2, 0) is 12.8 Å². The van der Waals surface area contributed by atoms with Crippen molar-refractivity contribution < 1.29 is 5.11 Å². The van der Waals surface area contributed by atoms with Crippen LogP contribution in [0.4, 0.5) is 0 Å². The van der Waals surface area contributed by atoms with Crippen molar-refractivity contribution in [1.29, 1.82) is 0 Å². The van der Waals surface area contributed by atoms with Crippen molar-refractivity contribution >= 4 is 11.3 Å². The fourth-order valence-electron chi connectivity index (χ4n) is 2.93. The van der Waals surface area contributed by atoms with Crippen molar-refractivity contribution in [2.45, 2.75) is 64.8 Å². The lowest BCUT2D eigenvalue weighted by atomic mass is 10.00. The number of rotatable bonds is 8. The molecule has 0 radical (unpaired) electrons. The fraction of sp³-hybridized carbons (Fsp3) is 0.812. The fourth-order valence-corrected chi connectivity index (χ4v) is 4.11. The van der Waals surface area contributed by atoms with Gasteiger partial charge in [0, 0.05) is 11.5 Å². The molecular weight excluding hydrogens is 268 g/mol. The number of fused-ring (bicyclic) bond motifs is 1. The first-order valence-corrected chi connectivity index (χ1v) is 8.89. The van der Waals surface area contributed by atoms with Gasteiger partial charge in [-0.2, -0.15) is 0 Å². The van der Waals surface area contributed by atoms with E-state index in [1.54, 1.807) is 0 Å². The van der Waals surface area contributed by atoms with Gasteiger partial charge in [0.15, 0.2) is 0 Å². The Hall–Kier alpha value is -0.450. The van der Waals surface area contributed by atoms with Crippen LogP contribution in [0.15, 0.2) is 0 Å². The highest BCUT2D eigenvalue weighted by Crippen LogP contribution is 2.29. The van der Waals surface area contributed by atoms with Crippen molar-refractivity contribution in [1.82, 2.24) is 10.3 Å². The van der Waals surface area contributed by atoms with E-state index in [0.717, 1.165) is 13.0 Å². The summed E-state index contributed by atoms with van der Waals surface area (Å²) in [7, 11) is 0. The minimum Gasteiger partial charge on any atom is -0.396 e. The summed E-state index contributed by atoms with van der Waals surface area (Å²) in [5, 5.41) is 14.0. The zero-order chi connectivity index (χ0) is 14.4. The maximum atomic E-state index is 9.12. The number of hydrogen-bond acceptors (Lipinski definition) is 4. The van der Waals surface area contributed by atoms with Crippen molar-refractivity contribution in [3.63, 3.8) is 0 Å². The molecular formula is C16H28N2OS. The van der Waals surface area contributed by atoms with Crippen LogP contribution in [0.2, 0.25) is 0 Å². The van der Waals surface area contributed by atoms with E-state index in [4.69, 9.17) is 10.1 Å². The third kappa shape index (κ3) is 4.27. The summed E-state index contributed by atoms with van der Waals surface area (Å²) in [6, 6.07) is 0.337. The Morgan fingerprint density at radius 1 is 1.30 bits per heavy atom. The molecule has 1 aliphatic rings. The highest BCUT2D eigenvalue weighted by molar-refractivity contribution is 7.11. The van der Waals surface area contributed by atoms with E-state index in [-0.39, 0.29) is 0 Å². The van der Waals surface area contributed by atoms with Gasteiger partial charge in [-0.1, -0.05) is 13.3 Å². The van der Waals surface area contributed by atoms with Gasteiger partial charge in [-0.25, -0.2) is 4.98 Å². The molecule has 1 heterocycles. The second-order valence-electron chi connectivity index (χ2n) is 5.93. The van der Waals surface area contributed by atoms with Crippen molar-refractivity contribution in [2.24, 2.45) is 5.92 Å². The van der Waals surface area contributed by atoms with Gasteiger partial charge >= 0.3 is 0 Å². The summed E-state index contributed by atoms with van der Waals surface area (Å²) in [4.78, 5) is 6.34. The van der Waals surface area contributed by atoms with Crippen molar-refractivity contribution in [3.05, 3.63) is 15.6 Å². The molecule has 2 atom stereocenters. The average molecular weight is 296 g/mol. The number of hydrogen-bond donors (Lipinski definition) is 2. The van der Waals surface area contributed by atoms with E-state index < -0.39 is 0 Å². The van der Waals surface area contributed by atoms with Crippen LogP contribution in [0.5, 0.6) is 0 Å². The highest BCUT2D eigenvalue weighted by Gasteiger charge is 2.18. The van der Waals surface area contributed by atoms with Crippen molar-refractivity contribution in [2.75, 3.05) is 13.2 Å². The first-order chi connectivity index (χ1) is 9.74. The van der Waals surface area contributed by atoms with Crippen LogP contribution in [0, 0.1) is 5.92 Å². The topological polar surface area (TPSA) is 45.1 Å². The number of aliphatic hydroxyl groups excluding tert-OH is 1. The number of nitrogens with zero attached hydrogens (tertiary/aromatic N) is 1. The predicted octanol–water partition coefficient (Wildman–Crippen LogP) is 3.47. The molecule has 2 rings (SSSR count). The minimum atomic E-state index is 0.298. The molecule has 0 spiro atoms. The van der Waals surface area contributed by atoms with Gasteiger partial charge < -0.3 is 10.4 Å². The van der Waals surface area contributed by atoms with Gasteiger partial charge in [0.05, 0.1) is 11.7 Å². The van der Waals surface area contributed by atoms with E-state index in [9.17, 15) is 0 Å². The molecule has 1 aromatic rings. The second-order valence-corrected chi connectivity index (χ2v) is 7.04. The largest absolute Gasteiger partial charge is 0.396 e. The van der Waals surface area contributed by atoms with E-state index >= 15 is 0 Å².